The van der Waals surface area contributed by atoms with Gasteiger partial charge in [-0.1, -0.05) is 23.2 Å². The number of halogens is 2. The molecule has 0 saturated heterocycles. The maximum atomic E-state index is 5.98. The Morgan fingerprint density at radius 2 is 2.07 bits per heavy atom. The Morgan fingerprint density at radius 3 is 2.53 bits per heavy atom. The molecule has 2 heterocycles. The zero-order valence-corrected chi connectivity index (χ0v) is 9.70. The lowest BCUT2D eigenvalue weighted by molar-refractivity contribution is 1.03. The van der Waals surface area contributed by atoms with Gasteiger partial charge in [0.1, 0.15) is 4.34 Å². The van der Waals surface area contributed by atoms with Gasteiger partial charge < -0.3 is 5.43 Å². The number of aromatic nitrogens is 2. The van der Waals surface area contributed by atoms with Crippen molar-refractivity contribution in [3.8, 4) is 11.3 Å². The predicted molar refractivity (Wildman–Crippen MR) is 63.2 cm³/mol. The number of rotatable bonds is 2. The van der Waals surface area contributed by atoms with Gasteiger partial charge in [-0.25, -0.2) is 5.84 Å². The van der Waals surface area contributed by atoms with Crippen LogP contribution < -0.4 is 11.3 Å². The molecule has 0 aliphatic carbocycles. The van der Waals surface area contributed by atoms with E-state index in [0.717, 1.165) is 5.56 Å². The van der Waals surface area contributed by atoms with Crippen molar-refractivity contribution in [3.05, 3.63) is 26.9 Å². The van der Waals surface area contributed by atoms with Crippen molar-refractivity contribution < 1.29 is 0 Å². The van der Waals surface area contributed by atoms with E-state index in [-0.39, 0.29) is 0 Å². The minimum atomic E-state index is 0.496. The standard InChI is InChI=1S/C8H6Cl2N4S/c9-6-3-4(8(10)15-6)5-1-2-7(12-11)14-13-5/h1-3H,11H2,(H,12,14). The Labute approximate surface area is 100 Å². The van der Waals surface area contributed by atoms with Crippen LogP contribution in [0.1, 0.15) is 0 Å². The minimum Gasteiger partial charge on any atom is -0.307 e. The van der Waals surface area contributed by atoms with Crippen LogP contribution in [-0.2, 0) is 0 Å². The summed E-state index contributed by atoms with van der Waals surface area (Å²) in [6.07, 6.45) is 0. The smallest absolute Gasteiger partial charge is 0.162 e. The summed E-state index contributed by atoms with van der Waals surface area (Å²) in [5.41, 5.74) is 3.84. The molecule has 0 aliphatic heterocycles. The van der Waals surface area contributed by atoms with Crippen LogP contribution in [0.3, 0.4) is 0 Å². The Balaban J connectivity index is 2.41. The average Bonchev–Trinajstić information content (AvgIpc) is 2.58. The first-order valence-electron chi connectivity index (χ1n) is 3.96. The number of hydrogen-bond acceptors (Lipinski definition) is 5. The maximum Gasteiger partial charge on any atom is 0.162 e. The van der Waals surface area contributed by atoms with Crippen LogP contribution in [0.5, 0.6) is 0 Å². The monoisotopic (exact) mass is 260 g/mol. The van der Waals surface area contributed by atoms with Gasteiger partial charge in [-0.15, -0.1) is 21.5 Å². The van der Waals surface area contributed by atoms with Crippen LogP contribution in [0.15, 0.2) is 18.2 Å². The number of nitrogens with zero attached hydrogens (tertiary/aromatic N) is 2. The topological polar surface area (TPSA) is 63.8 Å². The van der Waals surface area contributed by atoms with Crippen LogP contribution in [0.4, 0.5) is 5.82 Å². The number of nitrogens with two attached hydrogens (primary N) is 1. The molecule has 3 N–H and O–H groups in total. The number of nitrogens with one attached hydrogen (secondary N) is 1. The van der Waals surface area contributed by atoms with E-state index in [0.29, 0.717) is 20.2 Å². The molecule has 0 fully saturated rings. The number of thiophene rings is 1. The van der Waals surface area contributed by atoms with Crippen LogP contribution in [0, 0.1) is 0 Å². The number of hydrazine groups is 1. The van der Waals surface area contributed by atoms with Crippen molar-refractivity contribution in [3.63, 3.8) is 0 Å². The highest BCUT2D eigenvalue weighted by Crippen LogP contribution is 2.37. The van der Waals surface area contributed by atoms with E-state index in [1.165, 1.54) is 11.3 Å². The summed E-state index contributed by atoms with van der Waals surface area (Å²) >= 11 is 13.1. The van der Waals surface area contributed by atoms with E-state index in [1.807, 2.05) is 0 Å². The minimum absolute atomic E-state index is 0.496. The molecule has 2 aromatic heterocycles. The zero-order chi connectivity index (χ0) is 10.8. The summed E-state index contributed by atoms with van der Waals surface area (Å²) < 4.78 is 1.22. The fraction of sp³-hybridized carbons (Fsp3) is 0. The Kier molecular flexibility index (Phi) is 3.06. The van der Waals surface area contributed by atoms with Crippen molar-refractivity contribution in [2.75, 3.05) is 5.43 Å². The van der Waals surface area contributed by atoms with E-state index in [9.17, 15) is 0 Å². The van der Waals surface area contributed by atoms with Gasteiger partial charge in [0.05, 0.1) is 10.0 Å². The third kappa shape index (κ3) is 2.21. The molecule has 0 aliphatic rings. The molecule has 2 rings (SSSR count). The normalized spacial score (nSPS) is 10.3. The van der Waals surface area contributed by atoms with Crippen molar-refractivity contribution in [1.29, 1.82) is 0 Å². The summed E-state index contributed by atoms with van der Waals surface area (Å²) in [6, 6.07) is 5.24. The lowest BCUT2D eigenvalue weighted by atomic mass is 10.2. The first-order valence-corrected chi connectivity index (χ1v) is 5.53. The highest BCUT2D eigenvalue weighted by Gasteiger charge is 2.09. The van der Waals surface area contributed by atoms with Crippen LogP contribution in [0.25, 0.3) is 11.3 Å². The van der Waals surface area contributed by atoms with Crippen molar-refractivity contribution >= 4 is 40.4 Å². The second kappa shape index (κ2) is 4.32. The summed E-state index contributed by atoms with van der Waals surface area (Å²) in [5, 5.41) is 7.81. The predicted octanol–water partition coefficient (Wildman–Crippen LogP) is 2.80. The van der Waals surface area contributed by atoms with Crippen LogP contribution >= 0.6 is 34.5 Å². The van der Waals surface area contributed by atoms with E-state index in [2.05, 4.69) is 15.6 Å². The van der Waals surface area contributed by atoms with Crippen molar-refractivity contribution in [1.82, 2.24) is 10.2 Å². The number of anilines is 1. The van der Waals surface area contributed by atoms with Crippen molar-refractivity contribution in [2.24, 2.45) is 5.84 Å². The molecule has 0 atom stereocenters. The Morgan fingerprint density at radius 1 is 1.27 bits per heavy atom. The summed E-state index contributed by atoms with van der Waals surface area (Å²) in [6.45, 7) is 0. The quantitative estimate of drug-likeness (QED) is 0.644. The molecule has 7 heteroatoms. The Hall–Kier alpha value is -0.880. The first kappa shape index (κ1) is 10.6. The fourth-order valence-corrected chi connectivity index (χ4v) is 2.55. The molecule has 2 aromatic rings. The van der Waals surface area contributed by atoms with E-state index < -0.39 is 0 Å². The molecular formula is C8H6Cl2N4S. The molecular weight excluding hydrogens is 255 g/mol. The molecule has 4 nitrogen and oxygen atoms in total. The second-order valence-corrected chi connectivity index (χ2v) is 4.97. The number of hydrogen-bond donors (Lipinski definition) is 2. The maximum absolute atomic E-state index is 5.98. The average molecular weight is 261 g/mol. The zero-order valence-electron chi connectivity index (χ0n) is 7.37. The molecule has 0 spiro atoms. The third-order valence-corrected chi connectivity index (χ3v) is 3.23. The van der Waals surface area contributed by atoms with Gasteiger partial charge in [-0.2, -0.15) is 0 Å². The summed E-state index contributed by atoms with van der Waals surface area (Å²) in [4.78, 5) is 0. The van der Waals surface area contributed by atoms with Gasteiger partial charge in [-0.3, -0.25) is 0 Å². The second-order valence-electron chi connectivity index (χ2n) is 2.69. The SMILES string of the molecule is NNc1ccc(-c2cc(Cl)sc2Cl)nn1. The lowest BCUT2D eigenvalue weighted by Gasteiger charge is -1.99. The van der Waals surface area contributed by atoms with E-state index >= 15 is 0 Å². The summed E-state index contributed by atoms with van der Waals surface area (Å²) in [7, 11) is 0. The van der Waals surface area contributed by atoms with Crippen LogP contribution in [-0.4, -0.2) is 10.2 Å². The highest BCUT2D eigenvalue weighted by molar-refractivity contribution is 7.20. The van der Waals surface area contributed by atoms with E-state index in [4.69, 9.17) is 29.0 Å². The van der Waals surface area contributed by atoms with Gasteiger partial charge in [-0.05, 0) is 18.2 Å². The fourth-order valence-electron chi connectivity index (χ4n) is 1.07. The highest BCUT2D eigenvalue weighted by atomic mass is 35.5. The van der Waals surface area contributed by atoms with Gasteiger partial charge >= 0.3 is 0 Å². The van der Waals surface area contributed by atoms with Gasteiger partial charge in [0, 0.05) is 5.56 Å². The Bertz CT molecular complexity index is 468. The molecule has 0 bridgehead atoms. The van der Waals surface area contributed by atoms with Crippen LogP contribution in [0.2, 0.25) is 8.67 Å². The number of nitrogen functional groups attached to an aromatic ring is 1. The van der Waals surface area contributed by atoms with Gasteiger partial charge in [0.2, 0.25) is 0 Å². The van der Waals surface area contributed by atoms with E-state index in [1.54, 1.807) is 18.2 Å². The van der Waals surface area contributed by atoms with Gasteiger partial charge in [0.15, 0.2) is 5.82 Å². The summed E-state index contributed by atoms with van der Waals surface area (Å²) in [5.74, 6) is 5.67. The third-order valence-electron chi connectivity index (χ3n) is 1.75. The molecule has 78 valence electrons. The van der Waals surface area contributed by atoms with Gasteiger partial charge in [0.25, 0.3) is 0 Å². The molecule has 0 radical (unpaired) electrons. The lowest BCUT2D eigenvalue weighted by Crippen LogP contribution is -2.08. The molecule has 0 aromatic carbocycles. The molecule has 0 amide bonds. The van der Waals surface area contributed by atoms with Crippen molar-refractivity contribution in [2.45, 2.75) is 0 Å². The molecule has 0 unspecified atom stereocenters. The molecule has 0 saturated carbocycles. The molecule has 15 heavy (non-hydrogen) atoms. The largest absolute Gasteiger partial charge is 0.307 e. The first-order chi connectivity index (χ1) is 7.20.